The predicted molar refractivity (Wildman–Crippen MR) is 99.3 cm³/mol. The lowest BCUT2D eigenvalue weighted by Crippen LogP contribution is -2.27. The van der Waals surface area contributed by atoms with E-state index in [2.05, 4.69) is 15.5 Å². The van der Waals surface area contributed by atoms with Gasteiger partial charge >= 0.3 is 6.09 Å². The maximum absolute atomic E-state index is 11.8. The third-order valence-electron chi connectivity index (χ3n) is 3.49. The van der Waals surface area contributed by atoms with Crippen LogP contribution in [0.25, 0.3) is 22.5 Å². The van der Waals surface area contributed by atoms with Crippen molar-refractivity contribution in [1.82, 2.24) is 10.2 Å². The quantitative estimate of drug-likeness (QED) is 0.700. The smallest absolute Gasteiger partial charge is 0.412 e. The number of amides is 1. The van der Waals surface area contributed by atoms with Crippen LogP contribution in [0.15, 0.2) is 60.7 Å². The number of ether oxygens (including phenoxy) is 1. The van der Waals surface area contributed by atoms with Crippen molar-refractivity contribution >= 4 is 11.8 Å². The Balaban J connectivity index is 1.71. The van der Waals surface area contributed by atoms with E-state index in [0.29, 0.717) is 5.69 Å². The number of rotatable bonds is 3. The average Bonchev–Trinajstić information content (AvgIpc) is 3.04. The third kappa shape index (κ3) is 4.47. The largest absolute Gasteiger partial charge is 0.444 e. The summed E-state index contributed by atoms with van der Waals surface area (Å²) >= 11 is 0. The van der Waals surface area contributed by atoms with Gasteiger partial charge in [0.25, 0.3) is 0 Å². The van der Waals surface area contributed by atoms with Crippen LogP contribution in [-0.4, -0.2) is 21.9 Å². The van der Waals surface area contributed by atoms with Crippen LogP contribution in [0.2, 0.25) is 0 Å². The first-order valence-corrected chi connectivity index (χ1v) is 8.12. The maximum Gasteiger partial charge on any atom is 0.412 e. The molecule has 0 radical (unpaired) electrons. The molecular weight excluding hydrogens is 314 g/mol. The number of carbonyl (C=O) groups excluding carboxylic acids is 1. The molecule has 0 aliphatic rings. The molecule has 0 saturated carbocycles. The molecule has 1 aromatic heterocycles. The molecule has 0 fully saturated rings. The van der Waals surface area contributed by atoms with Crippen LogP contribution in [0.4, 0.5) is 10.5 Å². The van der Waals surface area contributed by atoms with Gasteiger partial charge in [0.15, 0.2) is 0 Å². The number of benzene rings is 2. The molecule has 0 aliphatic carbocycles. The van der Waals surface area contributed by atoms with Gasteiger partial charge < -0.3 is 4.74 Å². The highest BCUT2D eigenvalue weighted by atomic mass is 16.6. The second kappa shape index (κ2) is 6.81. The zero-order valence-corrected chi connectivity index (χ0v) is 14.5. The summed E-state index contributed by atoms with van der Waals surface area (Å²) in [7, 11) is 0. The molecule has 0 unspecified atom stereocenters. The van der Waals surface area contributed by atoms with E-state index in [1.807, 2.05) is 81.4 Å². The summed E-state index contributed by atoms with van der Waals surface area (Å²) < 4.78 is 5.24. The molecular formula is C20H21N3O2. The van der Waals surface area contributed by atoms with Crippen LogP contribution in [0.1, 0.15) is 20.8 Å². The van der Waals surface area contributed by atoms with Crippen molar-refractivity contribution in [1.29, 1.82) is 0 Å². The standard InChI is InChI=1S/C20H21N3O2/c1-20(2,3)25-19(24)21-16-11-9-15(10-12-16)18-13-17(22-23-18)14-7-5-4-6-8-14/h4-13H,1-3H3,(H,21,24)(H,22,23). The summed E-state index contributed by atoms with van der Waals surface area (Å²) in [4.78, 5) is 11.8. The zero-order valence-electron chi connectivity index (χ0n) is 14.5. The lowest BCUT2D eigenvalue weighted by atomic mass is 10.1. The number of aromatic nitrogens is 2. The summed E-state index contributed by atoms with van der Waals surface area (Å²) in [5, 5.41) is 10.1. The van der Waals surface area contributed by atoms with Gasteiger partial charge in [-0.3, -0.25) is 10.4 Å². The molecule has 3 rings (SSSR count). The molecule has 1 amide bonds. The van der Waals surface area contributed by atoms with Crippen molar-refractivity contribution in [3.8, 4) is 22.5 Å². The zero-order chi connectivity index (χ0) is 17.9. The van der Waals surface area contributed by atoms with E-state index >= 15 is 0 Å². The molecule has 2 N–H and O–H groups in total. The average molecular weight is 335 g/mol. The van der Waals surface area contributed by atoms with E-state index in [0.717, 1.165) is 22.5 Å². The molecule has 0 bridgehead atoms. The van der Waals surface area contributed by atoms with Crippen LogP contribution in [-0.2, 0) is 4.74 Å². The Labute approximate surface area is 147 Å². The Morgan fingerprint density at radius 2 is 1.68 bits per heavy atom. The summed E-state index contributed by atoms with van der Waals surface area (Å²) in [6.45, 7) is 5.49. The van der Waals surface area contributed by atoms with Gasteiger partial charge in [-0.2, -0.15) is 5.10 Å². The van der Waals surface area contributed by atoms with E-state index in [1.165, 1.54) is 0 Å². The third-order valence-corrected chi connectivity index (χ3v) is 3.49. The van der Waals surface area contributed by atoms with E-state index in [-0.39, 0.29) is 0 Å². The highest BCUT2D eigenvalue weighted by Crippen LogP contribution is 2.24. The van der Waals surface area contributed by atoms with Crippen molar-refractivity contribution in [3.63, 3.8) is 0 Å². The monoisotopic (exact) mass is 335 g/mol. The first-order chi connectivity index (χ1) is 11.9. The normalized spacial score (nSPS) is 11.2. The minimum Gasteiger partial charge on any atom is -0.444 e. The Kier molecular flexibility index (Phi) is 4.57. The molecule has 3 aromatic rings. The van der Waals surface area contributed by atoms with Crippen LogP contribution in [0, 0.1) is 0 Å². The van der Waals surface area contributed by atoms with Crippen molar-refractivity contribution in [3.05, 3.63) is 60.7 Å². The summed E-state index contributed by atoms with van der Waals surface area (Å²) in [6.07, 6.45) is -0.465. The maximum atomic E-state index is 11.8. The summed E-state index contributed by atoms with van der Waals surface area (Å²) in [5.74, 6) is 0. The highest BCUT2D eigenvalue weighted by Gasteiger charge is 2.16. The summed E-state index contributed by atoms with van der Waals surface area (Å²) in [6, 6.07) is 19.5. The molecule has 0 aliphatic heterocycles. The van der Waals surface area contributed by atoms with Gasteiger partial charge in [-0.15, -0.1) is 0 Å². The SMILES string of the molecule is CC(C)(C)OC(=O)Nc1ccc(-c2cc(-c3ccccc3)n[nH]2)cc1. The van der Waals surface area contributed by atoms with Crippen molar-refractivity contribution in [2.75, 3.05) is 5.32 Å². The van der Waals surface area contributed by atoms with Crippen molar-refractivity contribution in [2.45, 2.75) is 26.4 Å². The van der Waals surface area contributed by atoms with Gasteiger partial charge in [-0.05, 0) is 44.5 Å². The van der Waals surface area contributed by atoms with Gasteiger partial charge in [0, 0.05) is 11.3 Å². The van der Waals surface area contributed by atoms with Gasteiger partial charge in [0.1, 0.15) is 5.60 Å². The first-order valence-electron chi connectivity index (χ1n) is 8.12. The Morgan fingerprint density at radius 1 is 1.00 bits per heavy atom. The van der Waals surface area contributed by atoms with Crippen LogP contribution < -0.4 is 5.32 Å². The number of H-pyrrole nitrogens is 1. The molecule has 5 nitrogen and oxygen atoms in total. The number of hydrogen-bond acceptors (Lipinski definition) is 3. The molecule has 2 aromatic carbocycles. The minimum atomic E-state index is -0.520. The fraction of sp³-hybridized carbons (Fsp3) is 0.200. The lowest BCUT2D eigenvalue weighted by Gasteiger charge is -2.19. The Hall–Kier alpha value is -3.08. The van der Waals surface area contributed by atoms with E-state index in [9.17, 15) is 4.79 Å². The number of nitrogens with zero attached hydrogens (tertiary/aromatic N) is 1. The molecule has 5 heteroatoms. The molecule has 0 atom stereocenters. The van der Waals surface area contributed by atoms with Crippen molar-refractivity contribution in [2.24, 2.45) is 0 Å². The molecule has 128 valence electrons. The fourth-order valence-electron chi connectivity index (χ4n) is 2.38. The Bertz CT molecular complexity index is 847. The van der Waals surface area contributed by atoms with Crippen LogP contribution >= 0.6 is 0 Å². The van der Waals surface area contributed by atoms with Gasteiger partial charge in [0.05, 0.1) is 11.4 Å². The molecule has 1 heterocycles. The molecule has 0 saturated heterocycles. The molecule has 0 spiro atoms. The number of aromatic amines is 1. The topological polar surface area (TPSA) is 67.0 Å². The number of nitrogens with one attached hydrogen (secondary N) is 2. The van der Waals surface area contributed by atoms with Gasteiger partial charge in [-0.25, -0.2) is 4.79 Å². The van der Waals surface area contributed by atoms with E-state index in [4.69, 9.17) is 4.74 Å². The second-order valence-electron chi connectivity index (χ2n) is 6.74. The number of anilines is 1. The van der Waals surface area contributed by atoms with Crippen LogP contribution in [0.3, 0.4) is 0 Å². The second-order valence-corrected chi connectivity index (χ2v) is 6.74. The first kappa shape index (κ1) is 16.8. The van der Waals surface area contributed by atoms with E-state index in [1.54, 1.807) is 0 Å². The Morgan fingerprint density at radius 3 is 2.32 bits per heavy atom. The summed E-state index contributed by atoms with van der Waals surface area (Å²) in [5.41, 5.74) is 4.03. The van der Waals surface area contributed by atoms with Crippen LogP contribution in [0.5, 0.6) is 0 Å². The molecule has 25 heavy (non-hydrogen) atoms. The van der Waals surface area contributed by atoms with Crippen molar-refractivity contribution < 1.29 is 9.53 Å². The lowest BCUT2D eigenvalue weighted by molar-refractivity contribution is 0.0636. The fourth-order valence-corrected chi connectivity index (χ4v) is 2.38. The number of carbonyl (C=O) groups is 1. The van der Waals surface area contributed by atoms with Gasteiger partial charge in [-0.1, -0.05) is 42.5 Å². The highest BCUT2D eigenvalue weighted by molar-refractivity contribution is 5.85. The van der Waals surface area contributed by atoms with E-state index < -0.39 is 11.7 Å². The predicted octanol–water partition coefficient (Wildman–Crippen LogP) is 5.09. The number of hydrogen-bond donors (Lipinski definition) is 2. The van der Waals surface area contributed by atoms with Gasteiger partial charge in [0.2, 0.25) is 0 Å². The minimum absolute atomic E-state index is 0.465.